The second kappa shape index (κ2) is 2.85. The van der Waals surface area contributed by atoms with E-state index in [-0.39, 0.29) is 31.9 Å². The Morgan fingerprint density at radius 2 is 2.00 bits per heavy atom. The standard InChI is InChI=1S/C7H8F3NO.ClH/c8-7(9,10)6-1-2-11(4-6)3-5(6)12;/h1-4H2;1H. The van der Waals surface area contributed by atoms with Gasteiger partial charge in [-0.05, 0) is 13.0 Å². The van der Waals surface area contributed by atoms with Crippen LogP contribution in [0.25, 0.3) is 0 Å². The third kappa shape index (κ3) is 1.25. The maximum Gasteiger partial charge on any atom is 0.402 e. The largest absolute Gasteiger partial charge is 0.402 e. The number of nitrogens with zero attached hydrogens (tertiary/aromatic N) is 1. The van der Waals surface area contributed by atoms with E-state index in [2.05, 4.69) is 0 Å². The van der Waals surface area contributed by atoms with Crippen LogP contribution in [0.4, 0.5) is 13.2 Å². The number of Topliss-reactive ketones (excluding diaryl/α,β-unsaturated/α-hetero) is 1. The molecular formula is C7H9ClF3NO. The molecule has 6 heteroatoms. The summed E-state index contributed by atoms with van der Waals surface area (Å²) in [6, 6.07) is 0. The predicted octanol–water partition coefficient (Wildman–Crippen LogP) is 1.25. The van der Waals surface area contributed by atoms with Crippen LogP contribution in [0.1, 0.15) is 6.42 Å². The first-order valence-electron chi connectivity index (χ1n) is 3.78. The van der Waals surface area contributed by atoms with Crippen molar-refractivity contribution >= 4 is 18.2 Å². The van der Waals surface area contributed by atoms with Crippen molar-refractivity contribution in [1.29, 1.82) is 0 Å². The summed E-state index contributed by atoms with van der Waals surface area (Å²) >= 11 is 0. The highest BCUT2D eigenvalue weighted by molar-refractivity contribution is 5.90. The van der Waals surface area contributed by atoms with Crippen LogP contribution in [0.5, 0.6) is 0 Å². The van der Waals surface area contributed by atoms with Gasteiger partial charge < -0.3 is 0 Å². The normalized spacial score (nSPS) is 37.8. The maximum atomic E-state index is 12.4. The molecule has 0 spiro atoms. The van der Waals surface area contributed by atoms with Crippen LogP contribution in [0.2, 0.25) is 0 Å². The highest BCUT2D eigenvalue weighted by Crippen LogP contribution is 2.49. The van der Waals surface area contributed by atoms with Crippen LogP contribution in [0.15, 0.2) is 0 Å². The van der Waals surface area contributed by atoms with Crippen molar-refractivity contribution in [2.75, 3.05) is 19.6 Å². The molecule has 2 saturated heterocycles. The molecule has 2 heterocycles. The van der Waals surface area contributed by atoms with Gasteiger partial charge in [-0.1, -0.05) is 0 Å². The van der Waals surface area contributed by atoms with Gasteiger partial charge in [0, 0.05) is 6.54 Å². The number of hydrogen-bond donors (Lipinski definition) is 0. The maximum absolute atomic E-state index is 12.4. The predicted molar refractivity (Wildman–Crippen MR) is 41.8 cm³/mol. The van der Waals surface area contributed by atoms with Gasteiger partial charge in [0.15, 0.2) is 5.78 Å². The molecule has 2 aliphatic heterocycles. The van der Waals surface area contributed by atoms with Crippen molar-refractivity contribution in [2.45, 2.75) is 12.6 Å². The Balaban J connectivity index is 0.000000845. The smallest absolute Gasteiger partial charge is 0.297 e. The summed E-state index contributed by atoms with van der Waals surface area (Å²) in [5, 5.41) is 0. The first-order valence-corrected chi connectivity index (χ1v) is 3.78. The molecule has 2 fully saturated rings. The van der Waals surface area contributed by atoms with Gasteiger partial charge in [0.2, 0.25) is 0 Å². The molecule has 76 valence electrons. The molecule has 13 heavy (non-hydrogen) atoms. The molecule has 2 rings (SSSR count). The number of carbonyl (C=O) groups is 1. The molecule has 0 aliphatic carbocycles. The molecule has 0 aromatic carbocycles. The van der Waals surface area contributed by atoms with Gasteiger partial charge >= 0.3 is 6.18 Å². The fraction of sp³-hybridized carbons (Fsp3) is 0.857. The van der Waals surface area contributed by atoms with Crippen LogP contribution in [0.3, 0.4) is 0 Å². The summed E-state index contributed by atoms with van der Waals surface area (Å²) in [4.78, 5) is 12.6. The molecule has 0 saturated carbocycles. The lowest BCUT2D eigenvalue weighted by Gasteiger charge is -2.26. The van der Waals surface area contributed by atoms with E-state index in [1.165, 1.54) is 0 Å². The lowest BCUT2D eigenvalue weighted by atomic mass is 9.83. The third-order valence-electron chi connectivity index (χ3n) is 2.79. The summed E-state index contributed by atoms with van der Waals surface area (Å²) in [5.41, 5.74) is -2.01. The Kier molecular flexibility index (Phi) is 2.37. The van der Waals surface area contributed by atoms with Gasteiger partial charge in [-0.15, -0.1) is 12.4 Å². The van der Waals surface area contributed by atoms with Crippen molar-refractivity contribution in [3.63, 3.8) is 0 Å². The topological polar surface area (TPSA) is 20.3 Å². The van der Waals surface area contributed by atoms with E-state index >= 15 is 0 Å². The van der Waals surface area contributed by atoms with Gasteiger partial charge in [-0.25, -0.2) is 0 Å². The fourth-order valence-corrected chi connectivity index (χ4v) is 2.00. The minimum atomic E-state index is -4.35. The van der Waals surface area contributed by atoms with Crippen LogP contribution in [0, 0.1) is 5.41 Å². The Bertz CT molecular complexity index is 242. The number of hydrogen-bond acceptors (Lipinski definition) is 2. The first kappa shape index (κ1) is 10.8. The van der Waals surface area contributed by atoms with Crippen LogP contribution < -0.4 is 0 Å². The van der Waals surface area contributed by atoms with E-state index in [0.717, 1.165) is 0 Å². The lowest BCUT2D eigenvalue weighted by Crippen LogP contribution is -2.44. The zero-order valence-corrected chi connectivity index (χ0v) is 7.54. The van der Waals surface area contributed by atoms with Gasteiger partial charge in [0.1, 0.15) is 5.41 Å². The summed E-state index contributed by atoms with van der Waals surface area (Å²) in [5.74, 6) is -0.652. The number of fused-ring (bicyclic) bond motifs is 2. The van der Waals surface area contributed by atoms with Gasteiger partial charge in [-0.3, -0.25) is 9.69 Å². The number of rotatable bonds is 0. The number of ketones is 1. The van der Waals surface area contributed by atoms with Crippen molar-refractivity contribution in [3.05, 3.63) is 0 Å². The van der Waals surface area contributed by atoms with E-state index in [0.29, 0.717) is 6.54 Å². The van der Waals surface area contributed by atoms with Crippen molar-refractivity contribution in [3.8, 4) is 0 Å². The Labute approximate surface area is 79.5 Å². The molecule has 0 radical (unpaired) electrons. The van der Waals surface area contributed by atoms with Gasteiger partial charge in [0.05, 0.1) is 6.54 Å². The van der Waals surface area contributed by atoms with Gasteiger partial charge in [0.25, 0.3) is 0 Å². The second-order valence-electron chi connectivity index (χ2n) is 3.46. The zero-order chi connectivity index (χ0) is 8.98. The number of halogens is 4. The number of alkyl halides is 3. The minimum Gasteiger partial charge on any atom is -0.297 e. The molecule has 0 aromatic rings. The average Bonchev–Trinajstić information content (AvgIpc) is 2.41. The summed E-state index contributed by atoms with van der Waals surface area (Å²) in [6.45, 7) is 0.278. The van der Waals surface area contributed by atoms with Crippen molar-refractivity contribution in [1.82, 2.24) is 4.90 Å². The second-order valence-corrected chi connectivity index (χ2v) is 3.46. The molecular weight excluding hydrogens is 207 g/mol. The van der Waals surface area contributed by atoms with Crippen molar-refractivity contribution < 1.29 is 18.0 Å². The quantitative estimate of drug-likeness (QED) is 0.606. The molecule has 2 nitrogen and oxygen atoms in total. The fourth-order valence-electron chi connectivity index (χ4n) is 2.00. The SMILES string of the molecule is Cl.O=C1CN2CCC1(C(F)(F)F)C2. The Morgan fingerprint density at radius 3 is 2.23 bits per heavy atom. The monoisotopic (exact) mass is 215 g/mol. The van der Waals surface area contributed by atoms with Crippen LogP contribution in [-0.4, -0.2) is 36.5 Å². The minimum absolute atomic E-state index is 0. The summed E-state index contributed by atoms with van der Waals surface area (Å²) < 4.78 is 37.3. The first-order chi connectivity index (χ1) is 5.46. The summed E-state index contributed by atoms with van der Waals surface area (Å²) in [7, 11) is 0. The third-order valence-corrected chi connectivity index (χ3v) is 2.79. The number of piperidine rings is 1. The summed E-state index contributed by atoms with van der Waals surface area (Å²) in [6.07, 6.45) is -4.40. The Morgan fingerprint density at radius 1 is 1.38 bits per heavy atom. The van der Waals surface area contributed by atoms with Gasteiger partial charge in [-0.2, -0.15) is 13.2 Å². The molecule has 0 amide bonds. The molecule has 2 unspecified atom stereocenters. The zero-order valence-electron chi connectivity index (χ0n) is 6.73. The van der Waals surface area contributed by atoms with E-state index in [4.69, 9.17) is 0 Å². The van der Waals surface area contributed by atoms with Crippen molar-refractivity contribution in [2.24, 2.45) is 5.41 Å². The Hall–Kier alpha value is -0.290. The molecule has 2 bridgehead atoms. The van der Waals surface area contributed by atoms with Crippen LogP contribution >= 0.6 is 12.4 Å². The van der Waals surface area contributed by atoms with E-state index in [9.17, 15) is 18.0 Å². The molecule has 0 N–H and O–H groups in total. The average molecular weight is 216 g/mol. The van der Waals surface area contributed by atoms with Crippen LogP contribution in [-0.2, 0) is 4.79 Å². The highest BCUT2D eigenvalue weighted by Gasteiger charge is 2.66. The molecule has 2 atom stereocenters. The van der Waals surface area contributed by atoms with E-state index in [1.54, 1.807) is 4.90 Å². The lowest BCUT2D eigenvalue weighted by molar-refractivity contribution is -0.211. The van der Waals surface area contributed by atoms with E-state index < -0.39 is 17.4 Å². The molecule has 0 aromatic heterocycles. The van der Waals surface area contributed by atoms with E-state index in [1.807, 2.05) is 0 Å². The number of carbonyl (C=O) groups excluding carboxylic acids is 1. The highest BCUT2D eigenvalue weighted by atomic mass is 35.5. The molecule has 2 aliphatic rings.